The summed E-state index contributed by atoms with van der Waals surface area (Å²) >= 11 is 8.29. The van der Waals surface area contributed by atoms with Crippen molar-refractivity contribution in [3.8, 4) is 0 Å². The van der Waals surface area contributed by atoms with E-state index in [9.17, 15) is 14.0 Å². The zero-order valence-corrected chi connectivity index (χ0v) is 17.5. The molecule has 8 heteroatoms. The highest BCUT2D eigenvalue weighted by Crippen LogP contribution is 2.44. The van der Waals surface area contributed by atoms with Crippen LogP contribution in [0.2, 0.25) is 5.02 Å². The molecule has 0 unspecified atom stereocenters. The van der Waals surface area contributed by atoms with Crippen LogP contribution in [0.15, 0.2) is 12.1 Å². The molecule has 5 nitrogen and oxygen atoms in total. The second-order valence-electron chi connectivity index (χ2n) is 7.00. The molecule has 142 valence electrons. The van der Waals surface area contributed by atoms with E-state index in [1.54, 1.807) is 6.07 Å². The van der Waals surface area contributed by atoms with Gasteiger partial charge in [-0.15, -0.1) is 0 Å². The Kier molecular flexibility index (Phi) is 5.00. The van der Waals surface area contributed by atoms with Crippen LogP contribution in [0.5, 0.6) is 0 Å². The van der Waals surface area contributed by atoms with Crippen molar-refractivity contribution in [3.63, 3.8) is 0 Å². The van der Waals surface area contributed by atoms with E-state index in [0.717, 1.165) is 27.7 Å². The van der Waals surface area contributed by atoms with Crippen molar-refractivity contribution >= 4 is 46.1 Å². The first-order valence-electron chi connectivity index (χ1n) is 8.79. The molecule has 2 aliphatic rings. The number of carbonyl (C=O) groups excluding carboxylic acids is 2. The minimum Gasteiger partial charge on any atom is -0.469 e. The quantitative estimate of drug-likeness (QED) is 0.468. The largest absolute Gasteiger partial charge is 0.469 e. The van der Waals surface area contributed by atoms with Crippen LogP contribution in [0.3, 0.4) is 0 Å². The van der Waals surface area contributed by atoms with E-state index in [2.05, 4.69) is 27.7 Å². The lowest BCUT2D eigenvalue weighted by Crippen LogP contribution is -2.27. The number of carbonyl (C=O) groups is 2. The molecule has 2 aliphatic carbocycles. The lowest BCUT2D eigenvalue weighted by Gasteiger charge is -2.21. The molecule has 0 saturated heterocycles. The zero-order valence-electron chi connectivity index (χ0n) is 14.6. The van der Waals surface area contributed by atoms with Crippen LogP contribution >= 0.6 is 34.2 Å². The monoisotopic (exact) mass is 502 g/mol. The van der Waals surface area contributed by atoms with Crippen molar-refractivity contribution in [2.24, 2.45) is 5.92 Å². The molecular formula is C19H17ClFIN2O3. The van der Waals surface area contributed by atoms with Crippen molar-refractivity contribution in [1.29, 1.82) is 0 Å². The van der Waals surface area contributed by atoms with Gasteiger partial charge in [0.15, 0.2) is 0 Å². The van der Waals surface area contributed by atoms with E-state index in [1.165, 1.54) is 17.9 Å². The van der Waals surface area contributed by atoms with Crippen LogP contribution in [-0.4, -0.2) is 28.8 Å². The van der Waals surface area contributed by atoms with Gasteiger partial charge in [0.1, 0.15) is 9.52 Å². The predicted molar refractivity (Wildman–Crippen MR) is 106 cm³/mol. The number of halogens is 3. The van der Waals surface area contributed by atoms with Gasteiger partial charge in [0.05, 0.1) is 29.3 Å². The molecule has 0 spiro atoms. The van der Waals surface area contributed by atoms with E-state index in [0.29, 0.717) is 25.0 Å². The summed E-state index contributed by atoms with van der Waals surface area (Å²) in [6.45, 7) is 0. The number of fused-ring (bicyclic) bond motifs is 1. The lowest BCUT2D eigenvalue weighted by molar-refractivity contribution is -0.145. The summed E-state index contributed by atoms with van der Waals surface area (Å²) in [5, 5.41) is 4.24. The van der Waals surface area contributed by atoms with Gasteiger partial charge in [0, 0.05) is 12.0 Å². The number of ether oxygens (including phenoxy) is 1. The Morgan fingerprint density at radius 2 is 2.07 bits per heavy atom. The average molecular weight is 503 g/mol. The van der Waals surface area contributed by atoms with Crippen LogP contribution in [0.25, 0.3) is 0 Å². The van der Waals surface area contributed by atoms with Gasteiger partial charge in [-0.2, -0.15) is 9.78 Å². The van der Waals surface area contributed by atoms with Crippen molar-refractivity contribution in [3.05, 3.63) is 49.1 Å². The molecule has 1 aromatic heterocycles. The van der Waals surface area contributed by atoms with Gasteiger partial charge in [-0.25, -0.2) is 4.39 Å². The third-order valence-electron chi connectivity index (χ3n) is 5.31. The molecule has 1 saturated carbocycles. The fraction of sp³-hybridized carbons (Fsp3) is 0.421. The topological polar surface area (TPSA) is 61.2 Å². The second-order valence-corrected chi connectivity index (χ2v) is 8.40. The summed E-state index contributed by atoms with van der Waals surface area (Å²) in [5.74, 6) is -1.43. The molecule has 1 aromatic carbocycles. The summed E-state index contributed by atoms with van der Waals surface area (Å²) in [7, 11) is 1.36. The van der Waals surface area contributed by atoms with E-state index in [4.69, 9.17) is 16.3 Å². The third-order valence-corrected chi connectivity index (χ3v) is 6.54. The Labute approximate surface area is 174 Å². The molecule has 27 heavy (non-hydrogen) atoms. The summed E-state index contributed by atoms with van der Waals surface area (Å²) < 4.78 is 21.0. The number of esters is 1. The summed E-state index contributed by atoms with van der Waals surface area (Å²) in [6.07, 6.45) is 3.59. The maximum atomic E-state index is 14.1. The smallest absolute Gasteiger partial charge is 0.309 e. The number of methoxy groups -OCH3 is 1. The Bertz CT molecular complexity index is 955. The van der Waals surface area contributed by atoms with E-state index >= 15 is 0 Å². The number of rotatable bonds is 3. The predicted octanol–water partition coefficient (Wildman–Crippen LogP) is 4.12. The van der Waals surface area contributed by atoms with E-state index in [-0.39, 0.29) is 28.4 Å². The molecule has 1 heterocycles. The van der Waals surface area contributed by atoms with Gasteiger partial charge in [-0.05, 0) is 65.8 Å². The van der Waals surface area contributed by atoms with Crippen molar-refractivity contribution in [2.75, 3.05) is 7.11 Å². The average Bonchev–Trinajstić information content (AvgIpc) is 3.46. The number of aromatic nitrogens is 2. The number of benzene rings is 1. The molecule has 2 aromatic rings. The Morgan fingerprint density at radius 3 is 2.74 bits per heavy atom. The molecule has 0 amide bonds. The highest BCUT2D eigenvalue weighted by molar-refractivity contribution is 14.1. The number of nitrogens with zero attached hydrogens (tertiary/aromatic N) is 2. The first kappa shape index (κ1) is 18.9. The number of hydrogen-bond donors (Lipinski definition) is 0. The Balaban J connectivity index is 1.79. The Morgan fingerprint density at radius 1 is 1.33 bits per heavy atom. The lowest BCUT2D eigenvalue weighted by atomic mass is 9.88. The normalized spacial score (nSPS) is 18.9. The molecule has 0 aliphatic heterocycles. The minimum absolute atomic E-state index is 0.163. The fourth-order valence-electron chi connectivity index (χ4n) is 3.73. The van der Waals surface area contributed by atoms with E-state index < -0.39 is 11.7 Å². The van der Waals surface area contributed by atoms with Gasteiger partial charge in [0.25, 0.3) is 5.91 Å². The maximum Gasteiger partial charge on any atom is 0.309 e. The minimum atomic E-state index is -0.618. The van der Waals surface area contributed by atoms with Gasteiger partial charge < -0.3 is 4.74 Å². The Hall–Kier alpha value is -1.48. The van der Waals surface area contributed by atoms with Gasteiger partial charge >= 0.3 is 5.97 Å². The third kappa shape index (κ3) is 3.29. The van der Waals surface area contributed by atoms with Crippen LogP contribution in [0.1, 0.15) is 52.4 Å². The molecule has 1 fully saturated rings. The molecule has 1 atom stereocenters. The second kappa shape index (κ2) is 7.16. The first-order valence-corrected chi connectivity index (χ1v) is 10.2. The molecule has 0 N–H and O–H groups in total. The summed E-state index contributed by atoms with van der Waals surface area (Å²) in [5.41, 5.74) is 2.60. The van der Waals surface area contributed by atoms with Crippen LogP contribution in [0, 0.1) is 15.4 Å². The van der Waals surface area contributed by atoms with Crippen molar-refractivity contribution < 1.29 is 18.7 Å². The van der Waals surface area contributed by atoms with Crippen LogP contribution in [0.4, 0.5) is 4.39 Å². The van der Waals surface area contributed by atoms with Gasteiger partial charge in [-0.1, -0.05) is 17.7 Å². The summed E-state index contributed by atoms with van der Waals surface area (Å²) in [6, 6.07) is 2.95. The maximum absolute atomic E-state index is 14.1. The van der Waals surface area contributed by atoms with Crippen LogP contribution in [-0.2, 0) is 22.4 Å². The molecule has 0 radical (unpaired) electrons. The standard InChI is InChI=1S/C19H17ClFIN2O3/c1-27-19(26)10-4-5-12-14(8-10)24(23-17(12)22)18(25)15-11(9-2-3-9)6-7-13(21)16(15)20/h6-7,9-10H,2-5,8H2,1H3/t10-/m1/s1. The summed E-state index contributed by atoms with van der Waals surface area (Å²) in [4.78, 5) is 25.3. The highest BCUT2D eigenvalue weighted by atomic mass is 127. The van der Waals surface area contributed by atoms with Crippen LogP contribution < -0.4 is 0 Å². The molecule has 0 bridgehead atoms. The van der Waals surface area contributed by atoms with Crippen molar-refractivity contribution in [1.82, 2.24) is 9.78 Å². The van der Waals surface area contributed by atoms with E-state index in [1.807, 2.05) is 0 Å². The zero-order chi connectivity index (χ0) is 19.3. The molecule has 4 rings (SSSR count). The SMILES string of the molecule is COC(=O)[C@@H]1CCc2c(I)nn(C(=O)c3c(C4CC4)ccc(F)c3Cl)c2C1. The first-order chi connectivity index (χ1) is 12.9. The van der Waals surface area contributed by atoms with Crippen molar-refractivity contribution in [2.45, 2.75) is 38.0 Å². The highest BCUT2D eigenvalue weighted by Gasteiger charge is 2.35. The molecular weight excluding hydrogens is 486 g/mol. The van der Waals surface area contributed by atoms with Gasteiger partial charge in [0.2, 0.25) is 0 Å². The van der Waals surface area contributed by atoms with Gasteiger partial charge in [-0.3, -0.25) is 9.59 Å². The number of hydrogen-bond acceptors (Lipinski definition) is 4. The fourth-order valence-corrected chi connectivity index (χ4v) is 4.78.